The van der Waals surface area contributed by atoms with Crippen LogP contribution in [0, 0.1) is 5.92 Å². The maximum absolute atomic E-state index is 6.08. The standard InChI is InChI=1S/C27H27BrO2/c1-2-15-29-26-18-27(30-19-20-9-5-3-6-10-20)25(28)17-23(26)16-22-13-14-24(22)21-11-7-4-8-12-21/h2-12,17-18,22,24H,1,13-16,19H2. The van der Waals surface area contributed by atoms with E-state index in [2.05, 4.69) is 71.0 Å². The summed E-state index contributed by atoms with van der Waals surface area (Å²) in [6.45, 7) is 4.81. The average Bonchev–Trinajstić information content (AvgIpc) is 2.76. The second-order valence-corrected chi connectivity index (χ2v) is 8.68. The van der Waals surface area contributed by atoms with Crippen molar-refractivity contribution in [1.82, 2.24) is 0 Å². The van der Waals surface area contributed by atoms with Gasteiger partial charge in [0.15, 0.2) is 0 Å². The minimum Gasteiger partial charge on any atom is -0.489 e. The minimum absolute atomic E-state index is 0.486. The molecule has 0 amide bonds. The first-order valence-electron chi connectivity index (χ1n) is 10.5. The van der Waals surface area contributed by atoms with Crippen LogP contribution in [0.5, 0.6) is 11.5 Å². The number of rotatable bonds is 9. The lowest BCUT2D eigenvalue weighted by Gasteiger charge is -2.37. The molecule has 0 saturated heterocycles. The van der Waals surface area contributed by atoms with Crippen LogP contribution >= 0.6 is 15.9 Å². The molecule has 1 aliphatic carbocycles. The number of benzene rings is 3. The molecule has 0 bridgehead atoms. The largest absolute Gasteiger partial charge is 0.489 e. The van der Waals surface area contributed by atoms with Gasteiger partial charge in [-0.25, -0.2) is 0 Å². The van der Waals surface area contributed by atoms with E-state index in [0.29, 0.717) is 25.0 Å². The molecule has 2 unspecified atom stereocenters. The van der Waals surface area contributed by atoms with E-state index in [9.17, 15) is 0 Å². The van der Waals surface area contributed by atoms with Gasteiger partial charge >= 0.3 is 0 Å². The lowest BCUT2D eigenvalue weighted by Crippen LogP contribution is -2.26. The molecule has 0 N–H and O–H groups in total. The molecule has 0 heterocycles. The van der Waals surface area contributed by atoms with Crippen LogP contribution in [0.3, 0.4) is 0 Å². The van der Waals surface area contributed by atoms with Crippen LogP contribution in [0.4, 0.5) is 0 Å². The molecule has 2 atom stereocenters. The van der Waals surface area contributed by atoms with Gasteiger partial charge in [-0.05, 0) is 69.8 Å². The third kappa shape index (κ3) is 4.96. The summed E-state index contributed by atoms with van der Waals surface area (Å²) in [5.41, 5.74) is 3.81. The number of hydrogen-bond acceptors (Lipinski definition) is 2. The summed E-state index contributed by atoms with van der Waals surface area (Å²) in [4.78, 5) is 0. The third-order valence-corrected chi connectivity index (χ3v) is 6.46. The van der Waals surface area contributed by atoms with Crippen molar-refractivity contribution >= 4 is 15.9 Å². The smallest absolute Gasteiger partial charge is 0.137 e. The molecule has 4 rings (SSSR count). The first-order valence-corrected chi connectivity index (χ1v) is 11.3. The van der Waals surface area contributed by atoms with Gasteiger partial charge in [-0.1, -0.05) is 73.3 Å². The zero-order chi connectivity index (χ0) is 20.8. The van der Waals surface area contributed by atoms with Crippen LogP contribution in [0.15, 0.2) is 89.9 Å². The zero-order valence-electron chi connectivity index (χ0n) is 17.1. The van der Waals surface area contributed by atoms with E-state index in [1.165, 1.54) is 24.0 Å². The van der Waals surface area contributed by atoms with Crippen molar-refractivity contribution < 1.29 is 9.47 Å². The molecule has 3 aromatic rings. The normalized spacial score (nSPS) is 17.8. The van der Waals surface area contributed by atoms with E-state index in [0.717, 1.165) is 28.0 Å². The van der Waals surface area contributed by atoms with Crippen molar-refractivity contribution in [2.45, 2.75) is 31.8 Å². The third-order valence-electron chi connectivity index (χ3n) is 5.84. The van der Waals surface area contributed by atoms with Gasteiger partial charge in [0, 0.05) is 6.07 Å². The predicted molar refractivity (Wildman–Crippen MR) is 126 cm³/mol. The van der Waals surface area contributed by atoms with Crippen LogP contribution in [-0.4, -0.2) is 6.61 Å². The van der Waals surface area contributed by atoms with E-state index in [4.69, 9.17) is 9.47 Å². The molecular formula is C27H27BrO2. The number of halogens is 1. The highest BCUT2D eigenvalue weighted by Crippen LogP contribution is 2.46. The van der Waals surface area contributed by atoms with Gasteiger partial charge in [0.25, 0.3) is 0 Å². The summed E-state index contributed by atoms with van der Waals surface area (Å²) in [5.74, 6) is 2.96. The van der Waals surface area contributed by atoms with E-state index < -0.39 is 0 Å². The van der Waals surface area contributed by atoms with Gasteiger partial charge in [-0.2, -0.15) is 0 Å². The first-order chi connectivity index (χ1) is 14.7. The Balaban J connectivity index is 1.51. The molecule has 0 aliphatic heterocycles. The summed E-state index contributed by atoms with van der Waals surface area (Å²) >= 11 is 3.71. The first kappa shape index (κ1) is 20.7. The molecule has 0 radical (unpaired) electrons. The van der Waals surface area contributed by atoms with Gasteiger partial charge in [0.1, 0.15) is 24.7 Å². The van der Waals surface area contributed by atoms with E-state index in [-0.39, 0.29) is 0 Å². The fourth-order valence-corrected chi connectivity index (χ4v) is 4.60. The number of ether oxygens (including phenoxy) is 2. The average molecular weight is 463 g/mol. The summed E-state index contributed by atoms with van der Waals surface area (Å²) in [6, 6.07) is 25.2. The summed E-state index contributed by atoms with van der Waals surface area (Å²) < 4.78 is 13.1. The van der Waals surface area contributed by atoms with E-state index >= 15 is 0 Å². The molecule has 1 aliphatic rings. The Labute approximate surface area is 187 Å². The molecule has 3 aromatic carbocycles. The second kappa shape index (κ2) is 9.99. The van der Waals surface area contributed by atoms with Crippen molar-refractivity contribution in [1.29, 1.82) is 0 Å². The van der Waals surface area contributed by atoms with Crippen molar-refractivity contribution in [3.8, 4) is 11.5 Å². The summed E-state index contributed by atoms with van der Waals surface area (Å²) in [5, 5.41) is 0. The molecule has 2 nitrogen and oxygen atoms in total. The molecule has 0 spiro atoms. The van der Waals surface area contributed by atoms with Gasteiger partial charge in [-0.15, -0.1) is 0 Å². The molecule has 154 valence electrons. The maximum Gasteiger partial charge on any atom is 0.137 e. The quantitative estimate of drug-likeness (QED) is 0.310. The Morgan fingerprint density at radius 1 is 0.900 bits per heavy atom. The van der Waals surface area contributed by atoms with Crippen LogP contribution in [0.25, 0.3) is 0 Å². The van der Waals surface area contributed by atoms with E-state index in [1.54, 1.807) is 6.08 Å². The SMILES string of the molecule is C=CCOc1cc(OCc2ccccc2)c(Br)cc1CC1CCC1c1ccccc1. The van der Waals surface area contributed by atoms with Crippen LogP contribution in [-0.2, 0) is 13.0 Å². The summed E-state index contributed by atoms with van der Waals surface area (Å²) in [7, 11) is 0. The molecule has 3 heteroatoms. The number of hydrogen-bond donors (Lipinski definition) is 0. The molecule has 1 saturated carbocycles. The fourth-order valence-electron chi connectivity index (χ4n) is 4.10. The van der Waals surface area contributed by atoms with Gasteiger partial charge in [0.05, 0.1) is 4.47 Å². The summed E-state index contributed by atoms with van der Waals surface area (Å²) in [6.07, 6.45) is 5.30. The highest BCUT2D eigenvalue weighted by molar-refractivity contribution is 9.10. The van der Waals surface area contributed by atoms with Crippen molar-refractivity contribution in [2.24, 2.45) is 5.92 Å². The highest BCUT2D eigenvalue weighted by atomic mass is 79.9. The Morgan fingerprint density at radius 2 is 1.63 bits per heavy atom. The van der Waals surface area contributed by atoms with Gasteiger partial charge in [0.2, 0.25) is 0 Å². The maximum atomic E-state index is 6.08. The topological polar surface area (TPSA) is 18.5 Å². The molecule has 0 aromatic heterocycles. The minimum atomic E-state index is 0.486. The van der Waals surface area contributed by atoms with Crippen LogP contribution < -0.4 is 9.47 Å². The monoisotopic (exact) mass is 462 g/mol. The Kier molecular flexibility index (Phi) is 6.91. The molecule has 1 fully saturated rings. The molecular weight excluding hydrogens is 436 g/mol. The Hall–Kier alpha value is -2.52. The zero-order valence-corrected chi connectivity index (χ0v) is 18.7. The second-order valence-electron chi connectivity index (χ2n) is 7.82. The Morgan fingerprint density at radius 3 is 2.30 bits per heavy atom. The molecule has 30 heavy (non-hydrogen) atoms. The fraction of sp³-hybridized carbons (Fsp3) is 0.259. The van der Waals surface area contributed by atoms with Gasteiger partial charge < -0.3 is 9.47 Å². The van der Waals surface area contributed by atoms with Crippen molar-refractivity contribution in [2.75, 3.05) is 6.61 Å². The van der Waals surface area contributed by atoms with Gasteiger partial charge in [-0.3, -0.25) is 0 Å². The lowest BCUT2D eigenvalue weighted by molar-refractivity contribution is 0.249. The van der Waals surface area contributed by atoms with Crippen LogP contribution in [0.2, 0.25) is 0 Å². The van der Waals surface area contributed by atoms with Crippen LogP contribution in [0.1, 0.15) is 35.4 Å². The van der Waals surface area contributed by atoms with E-state index in [1.807, 2.05) is 24.3 Å². The van der Waals surface area contributed by atoms with Crippen molar-refractivity contribution in [3.63, 3.8) is 0 Å². The highest BCUT2D eigenvalue weighted by Gasteiger charge is 2.32. The predicted octanol–water partition coefficient (Wildman–Crippen LogP) is 7.33. The van der Waals surface area contributed by atoms with Crippen molar-refractivity contribution in [3.05, 3.63) is 107 Å². The lowest BCUT2D eigenvalue weighted by atomic mass is 9.67. The Bertz CT molecular complexity index is 969.